The third kappa shape index (κ3) is 3.79. The number of cyclic esters (lactones) is 2. The van der Waals surface area contributed by atoms with Crippen LogP contribution < -0.4 is 0 Å². The Morgan fingerprint density at radius 3 is 2.59 bits per heavy atom. The van der Waals surface area contributed by atoms with E-state index in [4.69, 9.17) is 38.1 Å². The van der Waals surface area contributed by atoms with Crippen molar-refractivity contribution in [3.05, 3.63) is 24.2 Å². The van der Waals surface area contributed by atoms with E-state index in [2.05, 4.69) is 32.6 Å². The summed E-state index contributed by atoms with van der Waals surface area (Å²) >= 11 is 0. The summed E-state index contributed by atoms with van der Waals surface area (Å²) in [5.74, 6) is -0.544. The predicted molar refractivity (Wildman–Crippen MR) is 157 cm³/mol. The molecule has 0 bridgehead atoms. The molecule has 2 saturated carbocycles. The van der Waals surface area contributed by atoms with Crippen LogP contribution in [0.15, 0.2) is 28.2 Å². The lowest BCUT2D eigenvalue weighted by Gasteiger charge is -2.65. The number of esters is 2. The molecule has 0 aromatic carbocycles. The van der Waals surface area contributed by atoms with Gasteiger partial charge in [0, 0.05) is 47.4 Å². The lowest BCUT2D eigenvalue weighted by Crippen LogP contribution is -2.72. The molecule has 5 saturated heterocycles. The van der Waals surface area contributed by atoms with Crippen LogP contribution in [-0.4, -0.2) is 92.0 Å². The molecule has 2 spiro atoms. The Kier molecular flexibility index (Phi) is 7.04. The smallest absolute Gasteiger partial charge is 0.339 e. The van der Waals surface area contributed by atoms with Gasteiger partial charge in [0.05, 0.1) is 49.6 Å². The normalized spacial score (nSPS) is 46.3. The molecule has 6 heterocycles. The molecule has 12 heteroatoms. The number of carbonyl (C=O) groups is 2. The second-order valence-corrected chi connectivity index (χ2v) is 14.6. The molecule has 242 valence electrons. The summed E-state index contributed by atoms with van der Waals surface area (Å²) in [6.07, 6.45) is 4.17. The van der Waals surface area contributed by atoms with Crippen LogP contribution in [0.2, 0.25) is 0 Å². The van der Waals surface area contributed by atoms with Crippen molar-refractivity contribution in [1.82, 2.24) is 4.90 Å². The molecule has 0 amide bonds. The molecular weight excluding hydrogens is 592 g/mol. The highest BCUT2D eigenvalue weighted by atomic mass is 35.5. The van der Waals surface area contributed by atoms with E-state index in [1.807, 2.05) is 6.07 Å². The summed E-state index contributed by atoms with van der Waals surface area (Å²) < 4.78 is 36.4. The maximum absolute atomic E-state index is 13.6. The number of nitrogens with zero attached hydrogens (tertiary/aromatic N) is 2. The van der Waals surface area contributed by atoms with E-state index in [1.54, 1.807) is 12.5 Å². The summed E-state index contributed by atoms with van der Waals surface area (Å²) in [5, 5.41) is 4.95. The largest absolute Gasteiger partial charge is 0.472 e. The number of fused-ring (bicyclic) bond motifs is 1. The average Bonchev–Trinajstić information content (AvgIpc) is 3.46. The first kappa shape index (κ1) is 30.5. The van der Waals surface area contributed by atoms with Crippen LogP contribution in [0.5, 0.6) is 0 Å². The molecule has 11 nitrogen and oxygen atoms in total. The van der Waals surface area contributed by atoms with E-state index < -0.39 is 39.7 Å². The fraction of sp³-hybridized carbons (Fsp3) is 0.781. The second-order valence-electron chi connectivity index (χ2n) is 14.6. The first-order valence-corrected chi connectivity index (χ1v) is 15.8. The minimum Gasteiger partial charge on any atom is -0.472 e. The minimum atomic E-state index is -0.870. The molecule has 0 unspecified atom stereocenters. The first-order valence-electron chi connectivity index (χ1n) is 15.8. The van der Waals surface area contributed by atoms with Crippen molar-refractivity contribution in [3.8, 4) is 0 Å². The van der Waals surface area contributed by atoms with Gasteiger partial charge in [0.2, 0.25) is 0 Å². The van der Waals surface area contributed by atoms with E-state index in [1.165, 1.54) is 0 Å². The van der Waals surface area contributed by atoms with Crippen LogP contribution in [0.1, 0.15) is 65.0 Å². The van der Waals surface area contributed by atoms with Crippen LogP contribution in [-0.2, 0) is 38.1 Å². The Hall–Kier alpha value is -2.18. The highest BCUT2D eigenvalue weighted by Gasteiger charge is 2.89. The van der Waals surface area contributed by atoms with Gasteiger partial charge in [-0.25, -0.2) is 4.79 Å². The number of halogens is 1. The van der Waals surface area contributed by atoms with Crippen LogP contribution in [0, 0.1) is 28.1 Å². The van der Waals surface area contributed by atoms with E-state index in [0.717, 1.165) is 57.0 Å². The van der Waals surface area contributed by atoms with Crippen LogP contribution in [0.4, 0.5) is 0 Å². The Balaban J connectivity index is 0.00000312. The zero-order valence-corrected chi connectivity index (χ0v) is 26.7. The Morgan fingerprint density at radius 2 is 1.84 bits per heavy atom. The zero-order chi connectivity index (χ0) is 29.8. The van der Waals surface area contributed by atoms with E-state index in [0.29, 0.717) is 19.6 Å². The SMILES string of the molecule is CC1(C)O[C@H]2CC(=O)OC[C@]23[C@H]2CC[C@@]4(C)[C@H](c5ccoc5)OC(=O)[C@H]5O[C@]54[C@]2(C)/C(=N\OCCN2CCOCC2)C[C@@H]13.Cl. The van der Waals surface area contributed by atoms with Crippen molar-refractivity contribution in [2.75, 3.05) is 46.1 Å². The molecular formula is C32H43ClN2O9. The number of furan rings is 1. The number of oxime groups is 1. The van der Waals surface area contributed by atoms with E-state index in [-0.39, 0.29) is 48.7 Å². The summed E-state index contributed by atoms with van der Waals surface area (Å²) in [6.45, 7) is 13.4. The number of hydrogen-bond acceptors (Lipinski definition) is 11. The predicted octanol–water partition coefficient (Wildman–Crippen LogP) is 3.69. The molecule has 7 aliphatic rings. The number of rotatable bonds is 5. The summed E-state index contributed by atoms with van der Waals surface area (Å²) in [4.78, 5) is 34.7. The van der Waals surface area contributed by atoms with Gasteiger partial charge in [-0.05, 0) is 45.1 Å². The van der Waals surface area contributed by atoms with Gasteiger partial charge in [-0.3, -0.25) is 9.69 Å². The third-order valence-electron chi connectivity index (χ3n) is 12.5. The fourth-order valence-electron chi connectivity index (χ4n) is 10.6. The molecule has 8 rings (SSSR count). The molecule has 44 heavy (non-hydrogen) atoms. The molecule has 0 N–H and O–H groups in total. The second kappa shape index (κ2) is 10.2. The van der Waals surface area contributed by atoms with Crippen LogP contribution >= 0.6 is 12.4 Å². The van der Waals surface area contributed by atoms with Gasteiger partial charge in [-0.2, -0.15) is 0 Å². The quantitative estimate of drug-likeness (QED) is 0.205. The molecule has 5 aliphatic heterocycles. The van der Waals surface area contributed by atoms with E-state index in [9.17, 15) is 9.59 Å². The van der Waals surface area contributed by atoms with Crippen molar-refractivity contribution in [2.24, 2.45) is 33.2 Å². The standard InChI is InChI=1S/C32H42N2O9.ClH/c1-28(2)21-15-22(33-40-14-10-34-8-12-37-13-9-34)30(4)20(31(21)18-39-24(35)16-23(31)42-28)5-7-29(3)25(19-6-11-38-17-19)41-27(36)26-32(29,30)43-26;/h6,11,17,20-21,23,25-26H,5,7-10,12-16,18H2,1-4H3;1H/b33-22-;/t20-,21-,23-,25-,26+,29-,30-,31+,32+;/m0./s1. The van der Waals surface area contributed by atoms with Gasteiger partial charge < -0.3 is 32.9 Å². The molecule has 9 atom stereocenters. The van der Waals surface area contributed by atoms with Crippen molar-refractivity contribution < 1.29 is 42.5 Å². The lowest BCUT2D eigenvalue weighted by molar-refractivity contribution is -0.209. The van der Waals surface area contributed by atoms with Gasteiger partial charge in [-0.1, -0.05) is 19.0 Å². The van der Waals surface area contributed by atoms with Gasteiger partial charge in [0.1, 0.15) is 24.9 Å². The minimum absolute atomic E-state index is 0. The maximum atomic E-state index is 13.6. The monoisotopic (exact) mass is 634 g/mol. The lowest BCUT2D eigenvalue weighted by atomic mass is 9.37. The average molecular weight is 635 g/mol. The Labute approximate surface area is 263 Å². The Bertz CT molecular complexity index is 1350. The van der Waals surface area contributed by atoms with Crippen molar-refractivity contribution in [1.29, 1.82) is 0 Å². The summed E-state index contributed by atoms with van der Waals surface area (Å²) in [5.41, 5.74) is -1.32. The zero-order valence-electron chi connectivity index (χ0n) is 25.9. The third-order valence-corrected chi connectivity index (χ3v) is 12.5. The molecule has 1 aromatic rings. The maximum Gasteiger partial charge on any atom is 0.339 e. The van der Waals surface area contributed by atoms with Crippen LogP contribution in [0.3, 0.4) is 0 Å². The van der Waals surface area contributed by atoms with Crippen molar-refractivity contribution >= 4 is 30.1 Å². The summed E-state index contributed by atoms with van der Waals surface area (Å²) in [7, 11) is 0. The number of carbonyl (C=O) groups excluding carboxylic acids is 2. The van der Waals surface area contributed by atoms with Crippen molar-refractivity contribution in [2.45, 2.75) is 82.9 Å². The Morgan fingerprint density at radius 1 is 1.05 bits per heavy atom. The highest BCUT2D eigenvalue weighted by molar-refractivity contribution is 5.96. The summed E-state index contributed by atoms with van der Waals surface area (Å²) in [6, 6.07) is 1.87. The van der Waals surface area contributed by atoms with Gasteiger partial charge in [-0.15, -0.1) is 12.4 Å². The highest BCUT2D eigenvalue weighted by Crippen LogP contribution is 2.80. The van der Waals surface area contributed by atoms with Gasteiger partial charge in [0.15, 0.2) is 6.10 Å². The van der Waals surface area contributed by atoms with Crippen molar-refractivity contribution in [3.63, 3.8) is 0 Å². The number of epoxide rings is 1. The number of ether oxygens (including phenoxy) is 5. The molecule has 1 aromatic heterocycles. The topological polar surface area (TPSA) is 122 Å². The van der Waals surface area contributed by atoms with Gasteiger partial charge in [0.25, 0.3) is 0 Å². The molecule has 2 aliphatic carbocycles. The molecule has 0 radical (unpaired) electrons. The van der Waals surface area contributed by atoms with Crippen LogP contribution in [0.25, 0.3) is 0 Å². The number of hydrogen-bond donors (Lipinski definition) is 0. The molecule has 7 fully saturated rings. The first-order chi connectivity index (χ1) is 20.6. The van der Waals surface area contributed by atoms with Gasteiger partial charge >= 0.3 is 11.9 Å². The number of morpholine rings is 1. The van der Waals surface area contributed by atoms with E-state index >= 15 is 0 Å². The fourth-order valence-corrected chi connectivity index (χ4v) is 10.6.